The summed E-state index contributed by atoms with van der Waals surface area (Å²) in [4.78, 5) is 9.37. The molecule has 6 rings (SSSR count). The van der Waals surface area contributed by atoms with Crippen molar-refractivity contribution in [1.29, 1.82) is 0 Å². The van der Waals surface area contributed by atoms with Gasteiger partial charge >= 0.3 is 0 Å². The number of piperidine rings is 1. The third kappa shape index (κ3) is 5.33. The summed E-state index contributed by atoms with van der Waals surface area (Å²) in [5.74, 6) is 1.29. The Balaban J connectivity index is 1.44. The minimum absolute atomic E-state index is 0.124. The molecule has 41 heavy (non-hydrogen) atoms. The van der Waals surface area contributed by atoms with E-state index in [1.807, 2.05) is 30.5 Å². The zero-order valence-corrected chi connectivity index (χ0v) is 26.1. The van der Waals surface area contributed by atoms with Gasteiger partial charge in [0.15, 0.2) is 5.11 Å². The van der Waals surface area contributed by atoms with Crippen LogP contribution in [0.25, 0.3) is 5.69 Å². The molecule has 2 saturated heterocycles. The average Bonchev–Trinajstić information content (AvgIpc) is 3.44. The second-order valence-corrected chi connectivity index (χ2v) is 12.9. The zero-order valence-electron chi connectivity index (χ0n) is 23.8. The van der Waals surface area contributed by atoms with Crippen LogP contribution in [-0.4, -0.2) is 27.8 Å². The summed E-state index contributed by atoms with van der Waals surface area (Å²) in [7, 11) is 0. The molecule has 0 spiro atoms. The number of nitrogens with one attached hydrogen (secondary N) is 1. The predicted molar refractivity (Wildman–Crippen MR) is 175 cm³/mol. The monoisotopic (exact) mass is 603 g/mol. The second-order valence-electron chi connectivity index (χ2n) is 11.6. The van der Waals surface area contributed by atoms with E-state index in [4.69, 9.17) is 40.4 Å². The molecule has 2 fully saturated rings. The van der Waals surface area contributed by atoms with Crippen molar-refractivity contribution in [2.75, 3.05) is 22.9 Å². The van der Waals surface area contributed by atoms with Crippen molar-refractivity contribution >= 4 is 51.9 Å². The van der Waals surface area contributed by atoms with E-state index in [1.165, 1.54) is 12.0 Å². The highest BCUT2D eigenvalue weighted by atomic mass is 35.5. The molecule has 0 amide bonds. The minimum atomic E-state index is -0.134. The van der Waals surface area contributed by atoms with Gasteiger partial charge < -0.3 is 19.7 Å². The maximum absolute atomic E-state index is 7.03. The normalized spacial score (nSPS) is 22.7. The molecule has 2 aromatic heterocycles. The lowest BCUT2D eigenvalue weighted by atomic mass is 9.91. The molecule has 0 aliphatic carbocycles. The van der Waals surface area contributed by atoms with Crippen LogP contribution in [0.3, 0.4) is 0 Å². The molecule has 0 bridgehead atoms. The van der Waals surface area contributed by atoms with Gasteiger partial charge in [0.2, 0.25) is 0 Å². The lowest BCUT2D eigenvalue weighted by Gasteiger charge is -2.37. The number of pyridine rings is 1. The van der Waals surface area contributed by atoms with Crippen molar-refractivity contribution in [1.82, 2.24) is 14.9 Å². The highest BCUT2D eigenvalue weighted by molar-refractivity contribution is 7.80. The van der Waals surface area contributed by atoms with E-state index in [9.17, 15) is 0 Å². The van der Waals surface area contributed by atoms with Crippen LogP contribution < -0.4 is 15.1 Å². The first-order chi connectivity index (χ1) is 19.7. The summed E-state index contributed by atoms with van der Waals surface area (Å²) in [6.45, 7) is 11.0. The lowest BCUT2D eigenvalue weighted by Crippen LogP contribution is -2.38. The molecule has 4 atom stereocenters. The summed E-state index contributed by atoms with van der Waals surface area (Å²) < 4.78 is 2.27. The van der Waals surface area contributed by atoms with Gasteiger partial charge in [-0.25, -0.2) is 0 Å². The number of nitrogens with zero attached hydrogens (tertiary/aromatic N) is 4. The summed E-state index contributed by atoms with van der Waals surface area (Å²) in [5.41, 5.74) is 7.53. The molecular weight excluding hydrogens is 569 g/mol. The summed E-state index contributed by atoms with van der Waals surface area (Å²) in [6.07, 6.45) is 3.09. The van der Waals surface area contributed by atoms with E-state index in [1.54, 1.807) is 0 Å². The van der Waals surface area contributed by atoms with Gasteiger partial charge in [0.25, 0.3) is 0 Å². The van der Waals surface area contributed by atoms with Gasteiger partial charge in [-0.05, 0) is 111 Å². The van der Waals surface area contributed by atoms with Gasteiger partial charge in [-0.3, -0.25) is 4.98 Å². The molecule has 0 radical (unpaired) electrons. The summed E-state index contributed by atoms with van der Waals surface area (Å²) in [6, 6.07) is 22.4. The lowest BCUT2D eigenvalue weighted by molar-refractivity contribution is 0.357. The Labute approximate surface area is 258 Å². The van der Waals surface area contributed by atoms with Crippen molar-refractivity contribution < 1.29 is 0 Å². The van der Waals surface area contributed by atoms with Crippen molar-refractivity contribution in [2.45, 2.75) is 46.2 Å². The molecule has 2 aromatic carbocycles. The van der Waals surface area contributed by atoms with E-state index < -0.39 is 0 Å². The standard InChI is InChI=1S/C33H35Cl2N5S/c1-20-15-21(2)19-38(18-20)30-13-12-26(17-28(30)35)40-32(31(37-33(40)41)29-7-5-6-14-36-29)27-16-22(3)39(23(27)4)25-10-8-24(34)9-11-25/h5-14,16-17,20-21,31-32H,15,18-19H2,1-4H3,(H,37,41)/t20-,21-,31-,32+/m0/s1. The van der Waals surface area contributed by atoms with Crippen LogP contribution in [-0.2, 0) is 0 Å². The number of anilines is 2. The average molecular weight is 605 g/mol. The molecule has 4 aromatic rings. The van der Waals surface area contributed by atoms with Gasteiger partial charge in [0.1, 0.15) is 0 Å². The number of aryl methyl sites for hydroxylation is 1. The Hall–Kier alpha value is -3.06. The molecule has 0 saturated carbocycles. The van der Waals surface area contributed by atoms with Gasteiger partial charge in [-0.2, -0.15) is 0 Å². The van der Waals surface area contributed by atoms with Crippen LogP contribution in [0.2, 0.25) is 10.0 Å². The number of rotatable bonds is 5. The van der Waals surface area contributed by atoms with E-state index >= 15 is 0 Å². The van der Waals surface area contributed by atoms with E-state index in [-0.39, 0.29) is 12.1 Å². The number of benzene rings is 2. The molecule has 212 valence electrons. The van der Waals surface area contributed by atoms with Crippen molar-refractivity contribution in [3.8, 4) is 5.69 Å². The number of hydrogen-bond acceptors (Lipinski definition) is 3. The van der Waals surface area contributed by atoms with E-state index in [0.717, 1.165) is 57.3 Å². The fourth-order valence-corrected chi connectivity index (χ4v) is 7.55. The fourth-order valence-electron chi connectivity index (χ4n) is 6.79. The van der Waals surface area contributed by atoms with E-state index in [2.05, 4.69) is 89.8 Å². The summed E-state index contributed by atoms with van der Waals surface area (Å²) >= 11 is 19.2. The highest BCUT2D eigenvalue weighted by Crippen LogP contribution is 2.45. The molecule has 8 heteroatoms. The molecular formula is C33H35Cl2N5S. The number of hydrogen-bond donors (Lipinski definition) is 1. The first-order valence-corrected chi connectivity index (χ1v) is 15.4. The van der Waals surface area contributed by atoms with E-state index in [0.29, 0.717) is 16.9 Å². The number of aromatic nitrogens is 2. The zero-order chi connectivity index (χ0) is 28.8. The van der Waals surface area contributed by atoms with Crippen LogP contribution in [0.15, 0.2) is 72.9 Å². The Kier molecular flexibility index (Phi) is 7.75. The maximum Gasteiger partial charge on any atom is 0.174 e. The van der Waals surface area contributed by atoms with Crippen LogP contribution in [0, 0.1) is 25.7 Å². The first-order valence-electron chi connectivity index (χ1n) is 14.2. The summed E-state index contributed by atoms with van der Waals surface area (Å²) in [5, 5.41) is 5.72. The molecule has 0 unspecified atom stereocenters. The van der Waals surface area contributed by atoms with Crippen LogP contribution in [0.4, 0.5) is 11.4 Å². The van der Waals surface area contributed by atoms with Crippen LogP contribution in [0.1, 0.15) is 55.0 Å². The Morgan fingerprint density at radius 1 is 0.902 bits per heavy atom. The van der Waals surface area contributed by atoms with Crippen LogP contribution >= 0.6 is 35.4 Å². The first kappa shape index (κ1) is 28.1. The minimum Gasteiger partial charge on any atom is -0.370 e. The third-order valence-corrected chi connectivity index (χ3v) is 9.26. The maximum atomic E-state index is 7.03. The molecule has 1 N–H and O–H groups in total. The van der Waals surface area contributed by atoms with Gasteiger partial charge in [-0.1, -0.05) is 43.1 Å². The molecule has 2 aliphatic heterocycles. The highest BCUT2D eigenvalue weighted by Gasteiger charge is 2.42. The quantitative estimate of drug-likeness (QED) is 0.231. The number of thiocarbonyl (C=S) groups is 1. The Morgan fingerprint density at radius 2 is 1.61 bits per heavy atom. The van der Waals surface area contributed by atoms with Gasteiger partial charge in [0.05, 0.1) is 28.5 Å². The van der Waals surface area contributed by atoms with Gasteiger partial charge in [0, 0.05) is 47.1 Å². The largest absolute Gasteiger partial charge is 0.370 e. The third-order valence-electron chi connectivity index (χ3n) is 8.39. The molecule has 5 nitrogen and oxygen atoms in total. The topological polar surface area (TPSA) is 36.3 Å². The fraction of sp³-hybridized carbons (Fsp3) is 0.333. The predicted octanol–water partition coefficient (Wildman–Crippen LogP) is 8.46. The van der Waals surface area contributed by atoms with Crippen molar-refractivity contribution in [3.63, 3.8) is 0 Å². The molecule has 2 aliphatic rings. The smallest absolute Gasteiger partial charge is 0.174 e. The number of halogens is 2. The van der Waals surface area contributed by atoms with Gasteiger partial charge in [-0.15, -0.1) is 0 Å². The molecule has 4 heterocycles. The Bertz CT molecular complexity index is 1560. The SMILES string of the molecule is Cc1cc([C@@H]2[C@H](c3ccccn3)NC(=S)N2c2ccc(N3C[C@@H](C)C[C@H](C)C3)c(Cl)c2)c(C)n1-c1ccc(Cl)cc1. The second kappa shape index (κ2) is 11.3. The Morgan fingerprint density at radius 3 is 2.27 bits per heavy atom. The van der Waals surface area contributed by atoms with Crippen LogP contribution in [0.5, 0.6) is 0 Å². The van der Waals surface area contributed by atoms with Crippen molar-refractivity contribution in [2.24, 2.45) is 11.8 Å². The van der Waals surface area contributed by atoms with Crippen molar-refractivity contribution in [3.05, 3.63) is 106 Å².